The van der Waals surface area contributed by atoms with E-state index in [1.54, 1.807) is 0 Å². The van der Waals surface area contributed by atoms with Gasteiger partial charge in [0.2, 0.25) is 6.79 Å². The Morgan fingerprint density at radius 1 is 1.41 bits per heavy atom. The first kappa shape index (κ1) is 16.2. The van der Waals surface area contributed by atoms with Crippen molar-refractivity contribution in [3.05, 3.63) is 36.4 Å². The Bertz CT molecular complexity index is 529. The number of hydrogen-bond donors (Lipinski definition) is 1. The summed E-state index contributed by atoms with van der Waals surface area (Å²) in [6, 6.07) is 6.08. The molecular weight excluding hydrogens is 278 g/mol. The summed E-state index contributed by atoms with van der Waals surface area (Å²) in [5, 5.41) is 3.39. The highest BCUT2D eigenvalue weighted by Gasteiger charge is 2.13. The second kappa shape index (κ2) is 8.32. The zero-order valence-corrected chi connectivity index (χ0v) is 13.5. The fourth-order valence-corrected chi connectivity index (χ4v) is 2.38. The fourth-order valence-electron chi connectivity index (χ4n) is 2.38. The standard InChI is InChI=1S/C17H25N3O2/c1-4-5-6-11-20(3)17(18-2)19-10-9-14-7-8-15-16(12-14)22-13-21-15/h4,7-8,12H,1,5-6,9-11,13H2,2-3H3,(H,18,19). The van der Waals surface area contributed by atoms with Gasteiger partial charge in [-0.2, -0.15) is 0 Å². The lowest BCUT2D eigenvalue weighted by atomic mass is 10.1. The van der Waals surface area contributed by atoms with Crippen molar-refractivity contribution in [2.75, 3.05) is 34.0 Å². The van der Waals surface area contributed by atoms with Gasteiger partial charge in [-0.1, -0.05) is 12.1 Å². The van der Waals surface area contributed by atoms with Crippen LogP contribution in [0.25, 0.3) is 0 Å². The van der Waals surface area contributed by atoms with E-state index in [4.69, 9.17) is 9.47 Å². The normalized spacial score (nSPS) is 13.1. The van der Waals surface area contributed by atoms with Gasteiger partial charge in [0.1, 0.15) is 0 Å². The molecule has 1 heterocycles. The van der Waals surface area contributed by atoms with Crippen molar-refractivity contribution >= 4 is 5.96 Å². The maximum Gasteiger partial charge on any atom is 0.231 e. The summed E-state index contributed by atoms with van der Waals surface area (Å²) in [4.78, 5) is 6.46. The Morgan fingerprint density at radius 3 is 3.00 bits per heavy atom. The minimum Gasteiger partial charge on any atom is -0.454 e. The van der Waals surface area contributed by atoms with Gasteiger partial charge < -0.3 is 19.7 Å². The van der Waals surface area contributed by atoms with E-state index in [9.17, 15) is 0 Å². The van der Waals surface area contributed by atoms with Gasteiger partial charge in [-0.05, 0) is 37.0 Å². The highest BCUT2D eigenvalue weighted by atomic mass is 16.7. The zero-order chi connectivity index (χ0) is 15.8. The number of benzene rings is 1. The molecule has 0 fully saturated rings. The van der Waals surface area contributed by atoms with Crippen molar-refractivity contribution in [2.45, 2.75) is 19.3 Å². The second-order valence-corrected chi connectivity index (χ2v) is 5.26. The van der Waals surface area contributed by atoms with Crippen LogP contribution >= 0.6 is 0 Å². The van der Waals surface area contributed by atoms with Crippen LogP contribution in [0, 0.1) is 0 Å². The lowest BCUT2D eigenvalue weighted by molar-refractivity contribution is 0.174. The molecule has 0 spiro atoms. The van der Waals surface area contributed by atoms with E-state index >= 15 is 0 Å². The van der Waals surface area contributed by atoms with Crippen LogP contribution in [-0.2, 0) is 6.42 Å². The Hall–Kier alpha value is -2.17. The molecule has 1 aromatic rings. The molecule has 0 aliphatic carbocycles. The lowest BCUT2D eigenvalue weighted by Gasteiger charge is -2.21. The Morgan fingerprint density at radius 2 is 2.23 bits per heavy atom. The van der Waals surface area contributed by atoms with Crippen LogP contribution in [0.3, 0.4) is 0 Å². The number of fused-ring (bicyclic) bond motifs is 1. The van der Waals surface area contributed by atoms with Gasteiger partial charge >= 0.3 is 0 Å². The highest BCUT2D eigenvalue weighted by molar-refractivity contribution is 5.79. The van der Waals surface area contributed by atoms with Crippen molar-refractivity contribution in [3.63, 3.8) is 0 Å². The van der Waals surface area contributed by atoms with E-state index < -0.39 is 0 Å². The molecule has 5 nitrogen and oxygen atoms in total. The summed E-state index contributed by atoms with van der Waals surface area (Å²) in [5.41, 5.74) is 1.22. The molecule has 0 saturated carbocycles. The fraction of sp³-hybridized carbons (Fsp3) is 0.471. The van der Waals surface area contributed by atoms with Gasteiger partial charge in [0.05, 0.1) is 0 Å². The Labute approximate surface area is 132 Å². The lowest BCUT2D eigenvalue weighted by Crippen LogP contribution is -2.40. The average Bonchev–Trinajstić information content (AvgIpc) is 2.99. The van der Waals surface area contributed by atoms with Gasteiger partial charge in [-0.3, -0.25) is 4.99 Å². The highest BCUT2D eigenvalue weighted by Crippen LogP contribution is 2.32. The summed E-state index contributed by atoms with van der Waals surface area (Å²) in [7, 11) is 3.87. The number of unbranched alkanes of at least 4 members (excludes halogenated alkanes) is 1. The third-order valence-corrected chi connectivity index (χ3v) is 3.61. The number of allylic oxidation sites excluding steroid dienone is 1. The molecule has 0 atom stereocenters. The van der Waals surface area contributed by atoms with Crippen LogP contribution in [0.4, 0.5) is 0 Å². The van der Waals surface area contributed by atoms with Crippen molar-refractivity contribution in [2.24, 2.45) is 4.99 Å². The summed E-state index contributed by atoms with van der Waals surface area (Å²) < 4.78 is 10.7. The number of guanidine groups is 1. The number of rotatable bonds is 7. The summed E-state index contributed by atoms with van der Waals surface area (Å²) in [5.74, 6) is 2.59. The third kappa shape index (κ3) is 4.41. The third-order valence-electron chi connectivity index (χ3n) is 3.61. The van der Waals surface area contributed by atoms with Crippen LogP contribution in [0.1, 0.15) is 18.4 Å². The quantitative estimate of drug-likeness (QED) is 0.364. The van der Waals surface area contributed by atoms with E-state index in [0.717, 1.165) is 49.8 Å². The van der Waals surface area contributed by atoms with E-state index in [1.807, 2.05) is 25.3 Å². The number of hydrogen-bond acceptors (Lipinski definition) is 3. The molecule has 2 rings (SSSR count). The van der Waals surface area contributed by atoms with Crippen LogP contribution in [0.2, 0.25) is 0 Å². The monoisotopic (exact) mass is 303 g/mol. The van der Waals surface area contributed by atoms with E-state index in [1.165, 1.54) is 5.56 Å². The largest absolute Gasteiger partial charge is 0.454 e. The van der Waals surface area contributed by atoms with E-state index in [-0.39, 0.29) is 0 Å². The topological polar surface area (TPSA) is 46.1 Å². The molecule has 0 amide bonds. The summed E-state index contributed by atoms with van der Waals surface area (Å²) in [6.07, 6.45) is 4.97. The molecule has 0 aromatic heterocycles. The smallest absolute Gasteiger partial charge is 0.231 e. The van der Waals surface area contributed by atoms with Gasteiger partial charge in [-0.15, -0.1) is 6.58 Å². The second-order valence-electron chi connectivity index (χ2n) is 5.26. The van der Waals surface area contributed by atoms with E-state index in [0.29, 0.717) is 6.79 Å². The zero-order valence-electron chi connectivity index (χ0n) is 13.5. The van der Waals surface area contributed by atoms with Gasteiger partial charge in [0, 0.05) is 27.2 Å². The first-order valence-electron chi connectivity index (χ1n) is 7.66. The van der Waals surface area contributed by atoms with Crippen LogP contribution in [0.15, 0.2) is 35.8 Å². The maximum atomic E-state index is 5.40. The molecule has 5 heteroatoms. The molecule has 1 N–H and O–H groups in total. The predicted molar refractivity (Wildman–Crippen MR) is 89.7 cm³/mol. The van der Waals surface area contributed by atoms with Crippen molar-refractivity contribution < 1.29 is 9.47 Å². The first-order chi connectivity index (χ1) is 10.7. The molecule has 22 heavy (non-hydrogen) atoms. The van der Waals surface area contributed by atoms with Crippen LogP contribution in [0.5, 0.6) is 11.5 Å². The molecule has 0 bridgehead atoms. The minimum atomic E-state index is 0.319. The van der Waals surface area contributed by atoms with Crippen molar-refractivity contribution in [1.29, 1.82) is 0 Å². The predicted octanol–water partition coefficient (Wildman–Crippen LogP) is 2.43. The maximum absolute atomic E-state index is 5.40. The molecule has 1 aromatic carbocycles. The average molecular weight is 303 g/mol. The Kier molecular flexibility index (Phi) is 6.13. The van der Waals surface area contributed by atoms with Gasteiger partial charge in [-0.25, -0.2) is 0 Å². The van der Waals surface area contributed by atoms with Crippen molar-refractivity contribution in [1.82, 2.24) is 10.2 Å². The number of aliphatic imine (C=N–C) groups is 1. The molecule has 1 aliphatic heterocycles. The molecular formula is C17H25N3O2. The molecule has 120 valence electrons. The summed E-state index contributed by atoms with van der Waals surface area (Å²) in [6.45, 7) is 5.86. The first-order valence-corrected chi connectivity index (χ1v) is 7.66. The number of nitrogens with one attached hydrogen (secondary N) is 1. The SMILES string of the molecule is C=CCCCN(C)C(=NC)NCCc1ccc2c(c1)OCO2. The van der Waals surface area contributed by atoms with Gasteiger partial charge in [0.25, 0.3) is 0 Å². The van der Waals surface area contributed by atoms with Gasteiger partial charge in [0.15, 0.2) is 17.5 Å². The number of ether oxygens (including phenoxy) is 2. The molecule has 0 radical (unpaired) electrons. The van der Waals surface area contributed by atoms with Crippen LogP contribution in [-0.4, -0.2) is 44.8 Å². The number of nitrogens with zero attached hydrogens (tertiary/aromatic N) is 2. The van der Waals surface area contributed by atoms with E-state index in [2.05, 4.69) is 34.9 Å². The van der Waals surface area contributed by atoms with Crippen LogP contribution < -0.4 is 14.8 Å². The molecule has 0 unspecified atom stereocenters. The van der Waals surface area contributed by atoms with Crippen molar-refractivity contribution in [3.8, 4) is 11.5 Å². The minimum absolute atomic E-state index is 0.319. The molecule has 1 aliphatic rings. The Balaban J connectivity index is 1.77. The summed E-state index contributed by atoms with van der Waals surface area (Å²) >= 11 is 0. The molecule has 0 saturated heterocycles.